The summed E-state index contributed by atoms with van der Waals surface area (Å²) < 4.78 is 11.9. The molecule has 1 amide bonds. The van der Waals surface area contributed by atoms with Crippen molar-refractivity contribution in [1.82, 2.24) is 15.0 Å². The molecule has 2 aromatic rings. The summed E-state index contributed by atoms with van der Waals surface area (Å²) in [6, 6.07) is 5.30. The lowest BCUT2D eigenvalue weighted by molar-refractivity contribution is 0.0520. The first-order valence-corrected chi connectivity index (χ1v) is 17.3. The summed E-state index contributed by atoms with van der Waals surface area (Å²) in [5.74, 6) is 1.52. The van der Waals surface area contributed by atoms with Gasteiger partial charge in [0.1, 0.15) is 24.1 Å². The van der Waals surface area contributed by atoms with E-state index in [1.807, 2.05) is 39.2 Å². The van der Waals surface area contributed by atoms with Gasteiger partial charge in [-0.05, 0) is 56.8 Å². The first kappa shape index (κ1) is 31.1. The lowest BCUT2D eigenvalue weighted by Gasteiger charge is -2.42. The molecule has 0 radical (unpaired) electrons. The topological polar surface area (TPSA) is 110 Å². The van der Waals surface area contributed by atoms with Crippen LogP contribution in [0.15, 0.2) is 41.7 Å². The number of aliphatic hydroxyl groups is 1. The van der Waals surface area contributed by atoms with Gasteiger partial charge in [0.2, 0.25) is 0 Å². The highest BCUT2D eigenvalue weighted by atomic mass is 32.2. The molecule has 0 aromatic carbocycles. The Labute approximate surface area is 238 Å². The number of nitrogens with zero attached hydrogens (tertiary/aromatic N) is 4. The Kier molecular flexibility index (Phi) is 9.52. The second kappa shape index (κ2) is 12.0. The number of cyclic esters (lactones) is 1. The van der Waals surface area contributed by atoms with Crippen molar-refractivity contribution in [2.75, 3.05) is 29.7 Å². The molecule has 1 aliphatic heterocycles. The van der Waals surface area contributed by atoms with E-state index >= 15 is 0 Å². The van der Waals surface area contributed by atoms with E-state index in [9.17, 15) is 9.90 Å². The Morgan fingerprint density at radius 3 is 2.59 bits per heavy atom. The smallest absolute Gasteiger partial charge is 0.415 e. The second-order valence-electron chi connectivity index (χ2n) is 12.1. The summed E-state index contributed by atoms with van der Waals surface area (Å²) in [6.07, 6.45) is 2.88. The van der Waals surface area contributed by atoms with E-state index in [2.05, 4.69) is 55.7 Å². The normalized spacial score (nSPS) is 18.5. The van der Waals surface area contributed by atoms with Crippen molar-refractivity contribution in [2.24, 2.45) is 0 Å². The molecule has 214 valence electrons. The highest BCUT2D eigenvalue weighted by Gasteiger charge is 2.43. The van der Waals surface area contributed by atoms with Crippen molar-refractivity contribution >= 4 is 43.6 Å². The standard InChI is InChI=1S/C28H43N5O4SSi/c1-18(2)14-21(34)28(7,17-37-39(9,10)27(4,5)6)20-15-29-25(38-8)32-24(20)31-22-12-11-13-23(30-22)33-19(3)16-36-26(33)35/h11-13,15,19,21,34H,1,14,16-17H2,2-10H3,(H,29,30,31,32)/t19-,21-,28+/m0/s1. The third kappa shape index (κ3) is 7.00. The maximum atomic E-state index is 12.3. The third-order valence-corrected chi connectivity index (χ3v) is 12.7. The molecule has 0 aliphatic carbocycles. The number of hydrogen-bond acceptors (Lipinski definition) is 9. The van der Waals surface area contributed by atoms with Gasteiger partial charge in [0.15, 0.2) is 13.5 Å². The first-order valence-electron chi connectivity index (χ1n) is 13.2. The minimum atomic E-state index is -2.14. The van der Waals surface area contributed by atoms with Gasteiger partial charge in [-0.3, -0.25) is 4.90 Å². The maximum Gasteiger partial charge on any atom is 0.415 e. The van der Waals surface area contributed by atoms with Gasteiger partial charge in [-0.25, -0.2) is 19.7 Å². The van der Waals surface area contributed by atoms with Crippen LogP contribution in [0.1, 0.15) is 53.5 Å². The van der Waals surface area contributed by atoms with E-state index < -0.39 is 25.9 Å². The number of anilines is 3. The van der Waals surface area contributed by atoms with Crippen LogP contribution in [0, 0.1) is 0 Å². The largest absolute Gasteiger partial charge is 0.447 e. The molecule has 3 heterocycles. The van der Waals surface area contributed by atoms with Gasteiger partial charge in [-0.2, -0.15) is 0 Å². The number of aliphatic hydroxyl groups excluding tert-OH is 1. The van der Waals surface area contributed by atoms with Gasteiger partial charge >= 0.3 is 6.09 Å². The molecule has 0 saturated carbocycles. The summed E-state index contributed by atoms with van der Waals surface area (Å²) in [7, 11) is -2.14. The van der Waals surface area contributed by atoms with Crippen LogP contribution in [0.5, 0.6) is 0 Å². The molecule has 9 nitrogen and oxygen atoms in total. The Balaban J connectivity index is 2.06. The third-order valence-electron chi connectivity index (χ3n) is 7.69. The molecular weight excluding hydrogens is 530 g/mol. The number of amides is 1. The molecular formula is C28H43N5O4SSi. The molecule has 0 spiro atoms. The quantitative estimate of drug-likeness (QED) is 0.139. The van der Waals surface area contributed by atoms with Crippen molar-refractivity contribution in [3.05, 3.63) is 42.1 Å². The van der Waals surface area contributed by atoms with Gasteiger partial charge < -0.3 is 19.6 Å². The highest BCUT2D eigenvalue weighted by Crippen LogP contribution is 2.41. The highest BCUT2D eigenvalue weighted by molar-refractivity contribution is 7.98. The summed E-state index contributed by atoms with van der Waals surface area (Å²) in [6.45, 7) is 21.4. The lowest BCUT2D eigenvalue weighted by Crippen LogP contribution is -2.48. The van der Waals surface area contributed by atoms with Gasteiger partial charge in [0.05, 0.1) is 12.1 Å². The molecule has 11 heteroatoms. The van der Waals surface area contributed by atoms with Crippen LogP contribution in [-0.4, -0.2) is 66.1 Å². The monoisotopic (exact) mass is 573 g/mol. The zero-order chi connectivity index (χ0) is 29.2. The van der Waals surface area contributed by atoms with E-state index in [1.54, 1.807) is 12.3 Å². The number of carbonyl (C=O) groups is 1. The Hall–Kier alpha value is -2.47. The number of rotatable bonds is 11. The molecule has 1 saturated heterocycles. The van der Waals surface area contributed by atoms with Gasteiger partial charge in [-0.1, -0.05) is 51.1 Å². The lowest BCUT2D eigenvalue weighted by atomic mass is 9.76. The molecule has 1 fully saturated rings. The average molecular weight is 574 g/mol. The Morgan fingerprint density at radius 1 is 1.33 bits per heavy atom. The fraction of sp³-hybridized carbons (Fsp3) is 0.571. The van der Waals surface area contributed by atoms with Crippen LogP contribution >= 0.6 is 11.8 Å². The van der Waals surface area contributed by atoms with E-state index in [1.165, 1.54) is 16.7 Å². The zero-order valence-corrected chi connectivity index (χ0v) is 26.5. The van der Waals surface area contributed by atoms with E-state index in [0.29, 0.717) is 47.8 Å². The molecule has 2 N–H and O–H groups in total. The van der Waals surface area contributed by atoms with Crippen molar-refractivity contribution < 1.29 is 19.1 Å². The maximum absolute atomic E-state index is 12.3. The van der Waals surface area contributed by atoms with Gasteiger partial charge in [-0.15, -0.1) is 6.58 Å². The molecule has 39 heavy (non-hydrogen) atoms. The van der Waals surface area contributed by atoms with Crippen LogP contribution in [0.4, 0.5) is 22.2 Å². The van der Waals surface area contributed by atoms with Crippen molar-refractivity contribution in [3.8, 4) is 0 Å². The predicted octanol–water partition coefficient (Wildman–Crippen LogP) is 6.29. The zero-order valence-electron chi connectivity index (χ0n) is 24.7. The van der Waals surface area contributed by atoms with Crippen LogP contribution in [0.25, 0.3) is 0 Å². The Bertz CT molecular complexity index is 1200. The molecule has 0 bridgehead atoms. The number of hydrogen-bond donors (Lipinski definition) is 2. The van der Waals surface area contributed by atoms with Crippen LogP contribution < -0.4 is 10.2 Å². The fourth-order valence-corrected chi connectivity index (χ4v) is 5.45. The number of carbonyl (C=O) groups excluding carboxylic acids is 1. The minimum Gasteiger partial charge on any atom is -0.447 e. The minimum absolute atomic E-state index is 0.00568. The van der Waals surface area contributed by atoms with Crippen molar-refractivity contribution in [3.63, 3.8) is 0 Å². The van der Waals surface area contributed by atoms with E-state index in [4.69, 9.17) is 14.1 Å². The van der Waals surface area contributed by atoms with Crippen molar-refractivity contribution in [2.45, 2.75) is 88.8 Å². The number of thioether (sulfide) groups is 1. The van der Waals surface area contributed by atoms with Crippen molar-refractivity contribution in [1.29, 1.82) is 0 Å². The molecule has 0 unspecified atom stereocenters. The van der Waals surface area contributed by atoms with Crippen LogP contribution in [0.2, 0.25) is 18.1 Å². The molecule has 3 rings (SSSR count). The van der Waals surface area contributed by atoms with E-state index in [-0.39, 0.29) is 11.1 Å². The molecule has 1 aliphatic rings. The SMILES string of the molecule is C=C(C)C[C@H](O)[C@](C)(CO[Si](C)(C)C(C)(C)C)c1cnc(SC)nc1Nc1cccc(N2C(=O)OC[C@@H]2C)n1. The van der Waals surface area contributed by atoms with Gasteiger partial charge in [0.25, 0.3) is 0 Å². The van der Waals surface area contributed by atoms with E-state index in [0.717, 1.165) is 5.57 Å². The predicted molar refractivity (Wildman–Crippen MR) is 161 cm³/mol. The number of pyridine rings is 1. The summed E-state index contributed by atoms with van der Waals surface area (Å²) in [5.41, 5.74) is 0.741. The summed E-state index contributed by atoms with van der Waals surface area (Å²) in [4.78, 5) is 27.9. The summed E-state index contributed by atoms with van der Waals surface area (Å²) >= 11 is 1.42. The number of aromatic nitrogens is 3. The first-order chi connectivity index (χ1) is 18.1. The number of ether oxygens (including phenoxy) is 1. The van der Waals surface area contributed by atoms with Crippen LogP contribution in [0.3, 0.4) is 0 Å². The Morgan fingerprint density at radius 2 is 2.03 bits per heavy atom. The molecule has 2 aromatic heterocycles. The average Bonchev–Trinajstić information content (AvgIpc) is 3.19. The summed E-state index contributed by atoms with van der Waals surface area (Å²) in [5, 5.41) is 15.5. The van der Waals surface area contributed by atoms with Crippen LogP contribution in [-0.2, 0) is 14.6 Å². The molecule has 3 atom stereocenters. The fourth-order valence-electron chi connectivity index (χ4n) is 4.02. The second-order valence-corrected chi connectivity index (χ2v) is 17.6. The number of nitrogens with one attached hydrogen (secondary N) is 1. The van der Waals surface area contributed by atoms with Gasteiger partial charge in [0, 0.05) is 23.8 Å².